The number of hydrogen-bond acceptors (Lipinski definition) is 3. The first-order valence-corrected chi connectivity index (χ1v) is 6.31. The van der Waals surface area contributed by atoms with Gasteiger partial charge in [-0.1, -0.05) is 22.5 Å². The molecule has 0 saturated heterocycles. The van der Waals surface area contributed by atoms with E-state index in [1.54, 1.807) is 0 Å². The van der Waals surface area contributed by atoms with Crippen LogP contribution >= 0.6 is 15.9 Å². The molecule has 0 aliphatic carbocycles. The van der Waals surface area contributed by atoms with Crippen molar-refractivity contribution in [3.8, 4) is 0 Å². The van der Waals surface area contributed by atoms with Gasteiger partial charge in [-0.15, -0.1) is 0 Å². The molecule has 0 unspecified atom stereocenters. The zero-order valence-electron chi connectivity index (χ0n) is 10.6. The number of benzene rings is 1. The summed E-state index contributed by atoms with van der Waals surface area (Å²) in [5.74, 6) is -3.23. The highest BCUT2D eigenvalue weighted by atomic mass is 79.9. The van der Waals surface area contributed by atoms with Crippen LogP contribution < -0.4 is 5.32 Å². The van der Waals surface area contributed by atoms with Gasteiger partial charge in [0.15, 0.2) is 0 Å². The van der Waals surface area contributed by atoms with Crippen LogP contribution in [0.4, 0.5) is 8.78 Å². The molecule has 0 radical (unpaired) electrons. The second-order valence-corrected chi connectivity index (χ2v) is 5.05. The molecule has 0 heterocycles. The number of esters is 1. The van der Waals surface area contributed by atoms with Crippen LogP contribution in [0.25, 0.3) is 0 Å². The summed E-state index contributed by atoms with van der Waals surface area (Å²) in [6, 6.07) is 1.39. The van der Waals surface area contributed by atoms with Crippen LogP contribution in [-0.4, -0.2) is 25.0 Å². The zero-order chi connectivity index (χ0) is 15.3. The summed E-state index contributed by atoms with van der Waals surface area (Å²) in [6.45, 7) is 3.56. The lowest BCUT2D eigenvalue weighted by Crippen LogP contribution is -2.41. The van der Waals surface area contributed by atoms with Gasteiger partial charge < -0.3 is 10.1 Å². The van der Waals surface area contributed by atoms with Crippen molar-refractivity contribution >= 4 is 27.8 Å². The quantitative estimate of drug-likeness (QED) is 0.832. The third kappa shape index (κ3) is 4.73. The molecule has 0 spiro atoms. The Labute approximate surface area is 122 Å². The molecule has 0 saturated carbocycles. The molecule has 0 bridgehead atoms. The van der Waals surface area contributed by atoms with Gasteiger partial charge in [0.25, 0.3) is 5.91 Å². The lowest BCUT2D eigenvalue weighted by molar-refractivity contribution is -0.142. The molecule has 1 aromatic rings. The Balaban J connectivity index is 2.89. The Kier molecular flexibility index (Phi) is 5.82. The van der Waals surface area contributed by atoms with Gasteiger partial charge in [0, 0.05) is 18.1 Å². The molecule has 1 rings (SSSR count). The van der Waals surface area contributed by atoms with Crippen LogP contribution in [0, 0.1) is 11.6 Å². The number of rotatable bonds is 5. The summed E-state index contributed by atoms with van der Waals surface area (Å²) < 4.78 is 31.1. The Bertz CT molecular complexity index is 528. The molecule has 0 aromatic heterocycles. The Morgan fingerprint density at radius 1 is 1.35 bits per heavy atom. The third-order valence-electron chi connectivity index (χ3n) is 2.34. The molecular weight excluding hydrogens is 336 g/mol. The van der Waals surface area contributed by atoms with Crippen LogP contribution in [0.5, 0.6) is 0 Å². The Hall–Kier alpha value is -1.76. The van der Waals surface area contributed by atoms with Crippen molar-refractivity contribution in [1.29, 1.82) is 0 Å². The summed E-state index contributed by atoms with van der Waals surface area (Å²) in [7, 11) is 1.17. The van der Waals surface area contributed by atoms with E-state index in [9.17, 15) is 18.4 Å². The van der Waals surface area contributed by atoms with E-state index in [0.29, 0.717) is 10.5 Å². The fourth-order valence-electron chi connectivity index (χ4n) is 1.48. The molecule has 7 heteroatoms. The van der Waals surface area contributed by atoms with Gasteiger partial charge in [0.05, 0.1) is 7.11 Å². The number of nitrogens with one attached hydrogen (secondary N) is 1. The second kappa shape index (κ2) is 7.14. The average Bonchev–Trinajstić information content (AvgIpc) is 2.35. The highest BCUT2D eigenvalue weighted by molar-refractivity contribution is 9.11. The van der Waals surface area contributed by atoms with Crippen LogP contribution in [0.2, 0.25) is 0 Å². The minimum absolute atomic E-state index is 0.0935. The van der Waals surface area contributed by atoms with Crippen molar-refractivity contribution in [2.24, 2.45) is 0 Å². The highest BCUT2D eigenvalue weighted by Crippen LogP contribution is 2.13. The van der Waals surface area contributed by atoms with Gasteiger partial charge in [-0.2, -0.15) is 0 Å². The maximum Gasteiger partial charge on any atom is 0.328 e. The number of amides is 1. The van der Waals surface area contributed by atoms with Crippen LogP contribution in [0.1, 0.15) is 16.8 Å². The Morgan fingerprint density at radius 2 is 1.90 bits per heavy atom. The maximum absolute atomic E-state index is 13.0. The van der Waals surface area contributed by atoms with Gasteiger partial charge in [0.2, 0.25) is 0 Å². The van der Waals surface area contributed by atoms with E-state index in [4.69, 9.17) is 0 Å². The van der Waals surface area contributed by atoms with Crippen molar-refractivity contribution in [2.75, 3.05) is 7.11 Å². The van der Waals surface area contributed by atoms with Crippen LogP contribution in [0.3, 0.4) is 0 Å². The molecule has 1 amide bonds. The molecule has 1 aromatic carbocycles. The van der Waals surface area contributed by atoms with E-state index in [1.165, 1.54) is 7.11 Å². The van der Waals surface area contributed by atoms with E-state index >= 15 is 0 Å². The maximum atomic E-state index is 13.0. The molecular formula is C13H12BrF2NO3. The minimum atomic E-state index is -0.995. The topological polar surface area (TPSA) is 55.4 Å². The fraction of sp³-hybridized carbons (Fsp3) is 0.231. The predicted molar refractivity (Wildman–Crippen MR) is 72.3 cm³/mol. The molecule has 1 atom stereocenters. The van der Waals surface area contributed by atoms with Crippen molar-refractivity contribution in [3.05, 3.63) is 46.5 Å². The normalized spacial score (nSPS) is 11.6. The number of halogens is 3. The summed E-state index contributed by atoms with van der Waals surface area (Å²) in [6.07, 6.45) is 0.0935. The predicted octanol–water partition coefficient (Wildman–Crippen LogP) is 2.53. The molecule has 0 fully saturated rings. The number of hydrogen-bond donors (Lipinski definition) is 1. The fourth-order valence-corrected chi connectivity index (χ4v) is 1.81. The number of ether oxygens (including phenoxy) is 1. The van der Waals surface area contributed by atoms with Crippen molar-refractivity contribution in [3.63, 3.8) is 0 Å². The first-order valence-electron chi connectivity index (χ1n) is 5.51. The van der Waals surface area contributed by atoms with E-state index < -0.39 is 29.6 Å². The lowest BCUT2D eigenvalue weighted by Gasteiger charge is -2.16. The summed E-state index contributed by atoms with van der Waals surface area (Å²) >= 11 is 3.07. The highest BCUT2D eigenvalue weighted by Gasteiger charge is 2.23. The SMILES string of the molecule is C=C(Br)C[C@H](NC(=O)c1cc(F)cc(F)c1)C(=O)OC. The van der Waals surface area contributed by atoms with Gasteiger partial charge in [-0.25, -0.2) is 13.6 Å². The molecule has 108 valence electrons. The summed E-state index contributed by atoms with van der Waals surface area (Å²) in [4.78, 5) is 23.4. The van der Waals surface area contributed by atoms with Gasteiger partial charge in [-0.3, -0.25) is 4.79 Å². The second-order valence-electron chi connectivity index (χ2n) is 3.93. The summed E-state index contributed by atoms with van der Waals surface area (Å²) in [5.41, 5.74) is -0.225. The molecule has 0 aliphatic rings. The molecule has 20 heavy (non-hydrogen) atoms. The van der Waals surface area contributed by atoms with Gasteiger partial charge in [0.1, 0.15) is 17.7 Å². The van der Waals surface area contributed by atoms with Crippen molar-refractivity contribution in [1.82, 2.24) is 5.32 Å². The summed E-state index contributed by atoms with van der Waals surface area (Å²) in [5, 5.41) is 2.33. The third-order valence-corrected chi connectivity index (χ3v) is 2.67. The van der Waals surface area contributed by atoms with Gasteiger partial charge in [-0.05, 0) is 16.6 Å². The van der Waals surface area contributed by atoms with E-state index in [1.807, 2.05) is 0 Å². The van der Waals surface area contributed by atoms with E-state index in [-0.39, 0.29) is 12.0 Å². The molecule has 1 N–H and O–H groups in total. The average molecular weight is 348 g/mol. The monoisotopic (exact) mass is 347 g/mol. The Morgan fingerprint density at radius 3 is 2.35 bits per heavy atom. The molecule has 4 nitrogen and oxygen atoms in total. The first-order chi connectivity index (χ1) is 9.33. The van der Waals surface area contributed by atoms with E-state index in [0.717, 1.165) is 12.1 Å². The smallest absolute Gasteiger partial charge is 0.328 e. The van der Waals surface area contributed by atoms with Crippen molar-refractivity contribution in [2.45, 2.75) is 12.5 Å². The minimum Gasteiger partial charge on any atom is -0.467 e. The van der Waals surface area contributed by atoms with Gasteiger partial charge >= 0.3 is 5.97 Å². The zero-order valence-corrected chi connectivity index (χ0v) is 12.2. The van der Waals surface area contributed by atoms with Crippen molar-refractivity contribution < 1.29 is 23.1 Å². The van der Waals surface area contributed by atoms with Crippen LogP contribution in [0.15, 0.2) is 29.3 Å². The van der Waals surface area contributed by atoms with Crippen LogP contribution in [-0.2, 0) is 9.53 Å². The number of carbonyl (C=O) groups excluding carboxylic acids is 2. The number of carbonyl (C=O) groups is 2. The largest absolute Gasteiger partial charge is 0.467 e. The van der Waals surface area contributed by atoms with E-state index in [2.05, 4.69) is 32.6 Å². The first kappa shape index (κ1) is 16.3. The molecule has 0 aliphatic heterocycles. The number of methoxy groups -OCH3 is 1. The lowest BCUT2D eigenvalue weighted by atomic mass is 10.1. The standard InChI is InChI=1S/C13H12BrF2NO3/c1-7(14)3-11(13(19)20-2)17-12(18)8-4-9(15)6-10(16)5-8/h4-6,11H,1,3H2,2H3,(H,17,18)/t11-/m0/s1.